The van der Waals surface area contributed by atoms with Gasteiger partial charge < -0.3 is 15.4 Å². The lowest BCUT2D eigenvalue weighted by Gasteiger charge is -2.18. The summed E-state index contributed by atoms with van der Waals surface area (Å²) in [5.74, 6) is 1.45. The molecule has 0 spiro atoms. The van der Waals surface area contributed by atoms with Crippen molar-refractivity contribution in [2.45, 2.75) is 39.2 Å². The minimum atomic E-state index is -0.409. The zero-order valence-corrected chi connectivity index (χ0v) is 13.0. The highest BCUT2D eigenvalue weighted by molar-refractivity contribution is 5.81. The fourth-order valence-corrected chi connectivity index (χ4v) is 2.65. The first-order chi connectivity index (χ1) is 10.2. The number of carbonyl (C=O) groups excluding carboxylic acids is 1. The van der Waals surface area contributed by atoms with Crippen LogP contribution >= 0.6 is 0 Å². The van der Waals surface area contributed by atoms with E-state index in [0.29, 0.717) is 12.3 Å². The van der Waals surface area contributed by atoms with Crippen LogP contribution in [0.2, 0.25) is 0 Å². The van der Waals surface area contributed by atoms with E-state index in [4.69, 9.17) is 4.74 Å². The number of carbonyl (C=O) groups is 1. The maximum atomic E-state index is 12.2. The number of ether oxygens (including phenoxy) is 1. The molecular weight excluding hydrogens is 264 g/mol. The Kier molecular flexibility index (Phi) is 6.05. The van der Waals surface area contributed by atoms with Crippen LogP contribution in [0, 0.1) is 12.8 Å². The third-order valence-electron chi connectivity index (χ3n) is 3.95. The summed E-state index contributed by atoms with van der Waals surface area (Å²) in [5, 5.41) is 6.35. The van der Waals surface area contributed by atoms with Gasteiger partial charge in [0.25, 0.3) is 5.91 Å². The molecule has 1 fully saturated rings. The van der Waals surface area contributed by atoms with Gasteiger partial charge in [-0.3, -0.25) is 4.79 Å². The summed E-state index contributed by atoms with van der Waals surface area (Å²) in [6, 6.07) is 7.82. The van der Waals surface area contributed by atoms with E-state index in [-0.39, 0.29) is 5.91 Å². The summed E-state index contributed by atoms with van der Waals surface area (Å²) in [6.45, 7) is 6.91. The molecule has 0 aromatic heterocycles. The van der Waals surface area contributed by atoms with Crippen LogP contribution in [0.3, 0.4) is 0 Å². The Morgan fingerprint density at radius 1 is 1.52 bits per heavy atom. The van der Waals surface area contributed by atoms with Crippen molar-refractivity contribution in [2.24, 2.45) is 5.92 Å². The summed E-state index contributed by atoms with van der Waals surface area (Å²) < 4.78 is 5.80. The molecule has 0 radical (unpaired) electrons. The van der Waals surface area contributed by atoms with Gasteiger partial charge in [0, 0.05) is 6.54 Å². The van der Waals surface area contributed by atoms with Crippen LogP contribution in [0.1, 0.15) is 31.7 Å². The molecule has 2 unspecified atom stereocenters. The van der Waals surface area contributed by atoms with Crippen LogP contribution in [0.5, 0.6) is 5.75 Å². The van der Waals surface area contributed by atoms with Gasteiger partial charge in [0.05, 0.1) is 0 Å². The maximum Gasteiger partial charge on any atom is 0.261 e. The predicted molar refractivity (Wildman–Crippen MR) is 84.5 cm³/mol. The first kappa shape index (κ1) is 15.8. The van der Waals surface area contributed by atoms with Crippen molar-refractivity contribution in [2.75, 3.05) is 19.6 Å². The molecule has 2 atom stereocenters. The molecule has 1 amide bonds. The van der Waals surface area contributed by atoms with E-state index >= 15 is 0 Å². The summed E-state index contributed by atoms with van der Waals surface area (Å²) >= 11 is 0. The largest absolute Gasteiger partial charge is 0.481 e. The van der Waals surface area contributed by atoms with Gasteiger partial charge in [-0.15, -0.1) is 0 Å². The fourth-order valence-electron chi connectivity index (χ4n) is 2.65. The fraction of sp³-hybridized carbons (Fsp3) is 0.588. The monoisotopic (exact) mass is 290 g/mol. The van der Waals surface area contributed by atoms with E-state index in [2.05, 4.69) is 10.6 Å². The Hall–Kier alpha value is -1.55. The Morgan fingerprint density at radius 2 is 2.38 bits per heavy atom. The second kappa shape index (κ2) is 8.03. The normalized spacial score (nSPS) is 19.2. The minimum absolute atomic E-state index is 0.00929. The molecule has 1 aliphatic rings. The zero-order valence-electron chi connectivity index (χ0n) is 13.0. The molecule has 1 aromatic rings. The van der Waals surface area contributed by atoms with Gasteiger partial charge >= 0.3 is 0 Å². The first-order valence-electron chi connectivity index (χ1n) is 7.90. The molecule has 1 aromatic carbocycles. The van der Waals surface area contributed by atoms with Crippen molar-refractivity contribution in [3.63, 3.8) is 0 Å². The molecule has 0 bridgehead atoms. The van der Waals surface area contributed by atoms with Gasteiger partial charge in [0.15, 0.2) is 6.10 Å². The quantitative estimate of drug-likeness (QED) is 0.810. The van der Waals surface area contributed by atoms with E-state index in [1.165, 1.54) is 6.42 Å². The van der Waals surface area contributed by atoms with Gasteiger partial charge in [-0.25, -0.2) is 0 Å². The van der Waals surface area contributed by atoms with Crippen molar-refractivity contribution < 1.29 is 9.53 Å². The molecule has 0 saturated carbocycles. The van der Waals surface area contributed by atoms with Gasteiger partial charge in [0.2, 0.25) is 0 Å². The molecule has 2 rings (SSSR count). The van der Waals surface area contributed by atoms with Crippen molar-refractivity contribution >= 4 is 5.91 Å². The number of rotatable bonds is 7. The van der Waals surface area contributed by atoms with E-state index in [0.717, 1.165) is 37.4 Å². The maximum absolute atomic E-state index is 12.2. The lowest BCUT2D eigenvalue weighted by atomic mass is 10.1. The Morgan fingerprint density at radius 3 is 3.05 bits per heavy atom. The third-order valence-corrected chi connectivity index (χ3v) is 3.95. The molecule has 116 valence electrons. The molecule has 0 aliphatic carbocycles. The van der Waals surface area contributed by atoms with Gasteiger partial charge in [-0.1, -0.05) is 19.1 Å². The van der Waals surface area contributed by atoms with Crippen LogP contribution in [-0.4, -0.2) is 31.6 Å². The molecule has 4 heteroatoms. The average molecular weight is 290 g/mol. The molecule has 1 saturated heterocycles. The summed E-state index contributed by atoms with van der Waals surface area (Å²) in [4.78, 5) is 12.2. The lowest BCUT2D eigenvalue weighted by Crippen LogP contribution is -2.39. The highest BCUT2D eigenvalue weighted by atomic mass is 16.5. The molecule has 21 heavy (non-hydrogen) atoms. The number of amides is 1. The number of hydrogen-bond acceptors (Lipinski definition) is 3. The molecular formula is C17H26N2O2. The van der Waals surface area contributed by atoms with E-state index in [1.54, 1.807) is 0 Å². The van der Waals surface area contributed by atoms with Crippen LogP contribution in [0.15, 0.2) is 24.3 Å². The van der Waals surface area contributed by atoms with Crippen molar-refractivity contribution in [1.29, 1.82) is 0 Å². The lowest BCUT2D eigenvalue weighted by molar-refractivity contribution is -0.128. The molecule has 4 nitrogen and oxygen atoms in total. The van der Waals surface area contributed by atoms with Crippen LogP contribution in [-0.2, 0) is 4.79 Å². The van der Waals surface area contributed by atoms with E-state index < -0.39 is 6.10 Å². The standard InChI is InChI=1S/C17H26N2O2/c1-3-16(21-15-6-4-5-13(2)11-15)17(20)19-10-8-14-7-9-18-12-14/h4-6,11,14,16,18H,3,7-10,12H2,1-2H3,(H,19,20). The summed E-state index contributed by atoms with van der Waals surface area (Å²) in [5.41, 5.74) is 1.14. The number of nitrogens with one attached hydrogen (secondary N) is 2. The first-order valence-corrected chi connectivity index (χ1v) is 7.90. The Bertz CT molecular complexity index is 456. The number of hydrogen-bond donors (Lipinski definition) is 2. The molecule has 1 aliphatic heterocycles. The SMILES string of the molecule is CCC(Oc1cccc(C)c1)C(=O)NCCC1CCNC1. The van der Waals surface area contributed by atoms with Crippen LogP contribution in [0.4, 0.5) is 0 Å². The highest BCUT2D eigenvalue weighted by Crippen LogP contribution is 2.16. The van der Waals surface area contributed by atoms with Crippen molar-refractivity contribution in [3.8, 4) is 5.75 Å². The van der Waals surface area contributed by atoms with Crippen molar-refractivity contribution in [3.05, 3.63) is 29.8 Å². The summed E-state index contributed by atoms with van der Waals surface area (Å²) in [6.07, 6.45) is 2.52. The van der Waals surface area contributed by atoms with Gasteiger partial charge in [-0.05, 0) is 62.9 Å². The predicted octanol–water partition coefficient (Wildman–Crippen LogP) is 2.27. The topological polar surface area (TPSA) is 50.4 Å². The molecule has 1 heterocycles. The minimum Gasteiger partial charge on any atom is -0.481 e. The van der Waals surface area contributed by atoms with Crippen LogP contribution < -0.4 is 15.4 Å². The van der Waals surface area contributed by atoms with Gasteiger partial charge in [0.1, 0.15) is 5.75 Å². The average Bonchev–Trinajstić information content (AvgIpc) is 2.98. The second-order valence-electron chi connectivity index (χ2n) is 5.77. The molecule has 2 N–H and O–H groups in total. The van der Waals surface area contributed by atoms with E-state index in [1.807, 2.05) is 38.1 Å². The van der Waals surface area contributed by atoms with E-state index in [9.17, 15) is 4.79 Å². The van der Waals surface area contributed by atoms with Crippen LogP contribution in [0.25, 0.3) is 0 Å². The third kappa shape index (κ3) is 5.05. The van der Waals surface area contributed by atoms with Crippen molar-refractivity contribution in [1.82, 2.24) is 10.6 Å². The smallest absolute Gasteiger partial charge is 0.261 e. The highest BCUT2D eigenvalue weighted by Gasteiger charge is 2.19. The summed E-state index contributed by atoms with van der Waals surface area (Å²) in [7, 11) is 0. The second-order valence-corrected chi connectivity index (χ2v) is 5.77. The zero-order chi connectivity index (χ0) is 15.1. The van der Waals surface area contributed by atoms with Gasteiger partial charge in [-0.2, -0.15) is 0 Å². The Balaban J connectivity index is 1.77. The number of aryl methyl sites for hydroxylation is 1. The Labute approximate surface area is 127 Å². The number of benzene rings is 1.